The molecule has 118 valence electrons. The lowest BCUT2D eigenvalue weighted by molar-refractivity contribution is 0.0787. The number of para-hydroxylation sites is 1. The lowest BCUT2D eigenvalue weighted by atomic mass is 10.1. The average Bonchev–Trinajstić information content (AvgIpc) is 2.91. The van der Waals surface area contributed by atoms with Gasteiger partial charge in [-0.3, -0.25) is 9.78 Å². The van der Waals surface area contributed by atoms with Gasteiger partial charge in [0.15, 0.2) is 0 Å². The van der Waals surface area contributed by atoms with Crippen LogP contribution in [0.4, 0.5) is 0 Å². The van der Waals surface area contributed by atoms with E-state index in [0.29, 0.717) is 6.54 Å². The van der Waals surface area contributed by atoms with Crippen LogP contribution in [0.5, 0.6) is 0 Å². The number of likely N-dealkylation sites (N-methyl/N-ethyl adjacent to an activating group) is 1. The Kier molecular flexibility index (Phi) is 4.15. The summed E-state index contributed by atoms with van der Waals surface area (Å²) < 4.78 is 2.00. The van der Waals surface area contributed by atoms with Crippen LogP contribution in [-0.4, -0.2) is 34.0 Å². The Labute approximate surface area is 136 Å². The molecular formula is C19H21N3O. The summed E-state index contributed by atoms with van der Waals surface area (Å²) in [6.07, 6.45) is 4.39. The molecule has 0 radical (unpaired) electrons. The van der Waals surface area contributed by atoms with Crippen LogP contribution in [0, 0.1) is 6.92 Å². The number of nitrogens with zero attached hydrogens (tertiary/aromatic N) is 3. The first-order valence-corrected chi connectivity index (χ1v) is 7.77. The van der Waals surface area contributed by atoms with Gasteiger partial charge in [-0.05, 0) is 42.7 Å². The van der Waals surface area contributed by atoms with Crippen LogP contribution < -0.4 is 0 Å². The first-order chi connectivity index (χ1) is 11.1. The number of rotatable bonds is 4. The first-order valence-electron chi connectivity index (χ1n) is 7.77. The lowest BCUT2D eigenvalue weighted by Crippen LogP contribution is -2.30. The number of hydrogen-bond donors (Lipinski definition) is 0. The third-order valence-electron chi connectivity index (χ3n) is 4.31. The summed E-state index contributed by atoms with van der Waals surface area (Å²) in [7, 11) is 3.81. The summed E-state index contributed by atoms with van der Waals surface area (Å²) in [6.45, 7) is 2.76. The number of carbonyl (C=O) groups excluding carboxylic acids is 1. The van der Waals surface area contributed by atoms with E-state index >= 15 is 0 Å². The highest BCUT2D eigenvalue weighted by molar-refractivity contribution is 5.99. The van der Waals surface area contributed by atoms with Crippen LogP contribution in [0.3, 0.4) is 0 Å². The summed E-state index contributed by atoms with van der Waals surface area (Å²) in [5, 5.41) is 1.11. The molecule has 0 fully saturated rings. The minimum Gasteiger partial charge on any atom is -0.340 e. The molecule has 2 heterocycles. The predicted molar refractivity (Wildman–Crippen MR) is 92.6 cm³/mol. The maximum absolute atomic E-state index is 12.8. The van der Waals surface area contributed by atoms with Crippen LogP contribution in [0.15, 0.2) is 48.8 Å². The fraction of sp³-hybridized carbons (Fsp3) is 0.263. The number of aromatic nitrogens is 2. The van der Waals surface area contributed by atoms with Gasteiger partial charge in [0.05, 0.1) is 5.52 Å². The average molecular weight is 307 g/mol. The van der Waals surface area contributed by atoms with E-state index < -0.39 is 0 Å². The molecule has 0 saturated carbocycles. The van der Waals surface area contributed by atoms with Crippen LogP contribution in [-0.2, 0) is 13.5 Å². The van der Waals surface area contributed by atoms with Gasteiger partial charge in [0.2, 0.25) is 0 Å². The fourth-order valence-corrected chi connectivity index (χ4v) is 2.97. The molecule has 0 bridgehead atoms. The molecule has 0 atom stereocenters. The number of carbonyl (C=O) groups is 1. The second kappa shape index (κ2) is 6.24. The molecule has 23 heavy (non-hydrogen) atoms. The zero-order valence-electron chi connectivity index (χ0n) is 13.8. The maximum atomic E-state index is 12.8. The van der Waals surface area contributed by atoms with Crippen molar-refractivity contribution in [2.45, 2.75) is 13.3 Å². The van der Waals surface area contributed by atoms with Crippen molar-refractivity contribution >= 4 is 16.8 Å². The Morgan fingerprint density at radius 3 is 2.65 bits per heavy atom. The molecule has 3 aromatic rings. The maximum Gasteiger partial charge on any atom is 0.270 e. The number of pyridine rings is 1. The predicted octanol–water partition coefficient (Wildman–Crippen LogP) is 3.20. The largest absolute Gasteiger partial charge is 0.340 e. The number of amides is 1. The Morgan fingerprint density at radius 1 is 1.22 bits per heavy atom. The van der Waals surface area contributed by atoms with Crippen molar-refractivity contribution in [3.05, 3.63) is 65.6 Å². The summed E-state index contributed by atoms with van der Waals surface area (Å²) in [4.78, 5) is 18.6. The quantitative estimate of drug-likeness (QED) is 0.742. The molecule has 0 spiro atoms. The van der Waals surface area contributed by atoms with E-state index in [-0.39, 0.29) is 5.91 Å². The van der Waals surface area contributed by atoms with E-state index in [1.165, 1.54) is 11.1 Å². The van der Waals surface area contributed by atoms with Crippen molar-refractivity contribution in [3.63, 3.8) is 0 Å². The Bertz CT molecular complexity index is 836. The summed E-state index contributed by atoms with van der Waals surface area (Å²) in [5.41, 5.74) is 4.22. The molecule has 0 unspecified atom stereocenters. The van der Waals surface area contributed by atoms with Crippen molar-refractivity contribution in [2.24, 2.45) is 7.05 Å². The number of fused-ring (bicyclic) bond motifs is 1. The molecular weight excluding hydrogens is 286 g/mol. The molecule has 2 aromatic heterocycles. The Balaban J connectivity index is 1.80. The highest BCUT2D eigenvalue weighted by Gasteiger charge is 2.17. The minimum absolute atomic E-state index is 0.0529. The van der Waals surface area contributed by atoms with Gasteiger partial charge in [-0.2, -0.15) is 0 Å². The van der Waals surface area contributed by atoms with E-state index in [2.05, 4.69) is 24.0 Å². The standard InChI is InChI=1S/C19H21N3O/c1-14-5-4-6-16-13-17(22(3)18(14)16)19(23)21(2)12-9-15-7-10-20-11-8-15/h4-8,10-11,13H,9,12H2,1-3H3. The molecule has 1 aromatic carbocycles. The molecule has 3 rings (SSSR count). The highest BCUT2D eigenvalue weighted by Crippen LogP contribution is 2.22. The normalized spacial score (nSPS) is 10.9. The Hall–Kier alpha value is -2.62. The zero-order valence-corrected chi connectivity index (χ0v) is 13.8. The second-order valence-corrected chi connectivity index (χ2v) is 5.93. The lowest BCUT2D eigenvalue weighted by Gasteiger charge is -2.17. The molecule has 0 N–H and O–H groups in total. The van der Waals surface area contributed by atoms with Gasteiger partial charge in [-0.15, -0.1) is 0 Å². The van der Waals surface area contributed by atoms with Gasteiger partial charge < -0.3 is 9.47 Å². The van der Waals surface area contributed by atoms with E-state index in [1.54, 1.807) is 17.3 Å². The monoisotopic (exact) mass is 307 g/mol. The van der Waals surface area contributed by atoms with Crippen LogP contribution in [0.25, 0.3) is 10.9 Å². The fourth-order valence-electron chi connectivity index (χ4n) is 2.97. The van der Waals surface area contributed by atoms with Crippen LogP contribution in [0.1, 0.15) is 21.6 Å². The third-order valence-corrected chi connectivity index (χ3v) is 4.31. The van der Waals surface area contributed by atoms with Crippen molar-refractivity contribution in [1.82, 2.24) is 14.5 Å². The summed E-state index contributed by atoms with van der Waals surface area (Å²) >= 11 is 0. The highest BCUT2D eigenvalue weighted by atomic mass is 16.2. The third kappa shape index (κ3) is 2.97. The van der Waals surface area contributed by atoms with E-state index in [1.807, 2.05) is 42.9 Å². The van der Waals surface area contributed by atoms with Gasteiger partial charge in [-0.1, -0.05) is 18.2 Å². The molecule has 0 aliphatic rings. The zero-order chi connectivity index (χ0) is 16.4. The van der Waals surface area contributed by atoms with Crippen LogP contribution >= 0.6 is 0 Å². The Morgan fingerprint density at radius 2 is 1.96 bits per heavy atom. The molecule has 4 heteroatoms. The van der Waals surface area contributed by atoms with Crippen molar-refractivity contribution in [1.29, 1.82) is 0 Å². The van der Waals surface area contributed by atoms with Gasteiger partial charge in [0.25, 0.3) is 5.91 Å². The smallest absolute Gasteiger partial charge is 0.270 e. The number of benzene rings is 1. The molecule has 1 amide bonds. The summed E-state index contributed by atoms with van der Waals surface area (Å²) in [6, 6.07) is 12.1. The molecule has 4 nitrogen and oxygen atoms in total. The number of aryl methyl sites for hydroxylation is 2. The topological polar surface area (TPSA) is 38.1 Å². The summed E-state index contributed by atoms with van der Waals surface area (Å²) in [5.74, 6) is 0.0529. The van der Waals surface area contributed by atoms with Crippen molar-refractivity contribution in [3.8, 4) is 0 Å². The van der Waals surface area contributed by atoms with Crippen LogP contribution in [0.2, 0.25) is 0 Å². The van der Waals surface area contributed by atoms with Crippen molar-refractivity contribution in [2.75, 3.05) is 13.6 Å². The molecule has 0 aliphatic carbocycles. The van der Waals surface area contributed by atoms with E-state index in [0.717, 1.165) is 23.0 Å². The van der Waals surface area contributed by atoms with Gasteiger partial charge in [0.1, 0.15) is 5.69 Å². The minimum atomic E-state index is 0.0529. The molecule has 0 aliphatic heterocycles. The number of hydrogen-bond acceptors (Lipinski definition) is 2. The molecule has 0 saturated heterocycles. The second-order valence-electron chi connectivity index (χ2n) is 5.93. The first kappa shape index (κ1) is 15.3. The van der Waals surface area contributed by atoms with Gasteiger partial charge >= 0.3 is 0 Å². The SMILES string of the molecule is Cc1cccc2cc(C(=O)N(C)CCc3ccncc3)n(C)c12. The van der Waals surface area contributed by atoms with Crippen molar-refractivity contribution < 1.29 is 4.79 Å². The van der Waals surface area contributed by atoms with Gasteiger partial charge in [0, 0.05) is 38.4 Å². The van der Waals surface area contributed by atoms with E-state index in [4.69, 9.17) is 0 Å². The van der Waals surface area contributed by atoms with E-state index in [9.17, 15) is 4.79 Å². The van der Waals surface area contributed by atoms with Gasteiger partial charge in [-0.25, -0.2) is 0 Å².